The van der Waals surface area contributed by atoms with Crippen molar-refractivity contribution in [2.24, 2.45) is 5.41 Å². The molecular weight excluding hydrogens is 327 g/mol. The number of ketones is 1. The zero-order valence-electron chi connectivity index (χ0n) is 13.8. The van der Waals surface area contributed by atoms with Gasteiger partial charge in [-0.2, -0.15) is 0 Å². The molecule has 1 atom stereocenters. The Hall–Kier alpha value is -0.784. The normalized spacial score (nSPS) is 21.1. The van der Waals surface area contributed by atoms with Crippen molar-refractivity contribution in [1.29, 1.82) is 0 Å². The molecule has 0 bridgehead atoms. The van der Waals surface area contributed by atoms with E-state index < -0.39 is 11.4 Å². The summed E-state index contributed by atoms with van der Waals surface area (Å²) in [5, 5.41) is 11.9. The van der Waals surface area contributed by atoms with Crippen LogP contribution in [-0.2, 0) is 30.5 Å². The fourth-order valence-electron chi connectivity index (χ4n) is 4.02. The first-order chi connectivity index (χ1) is 11.1. The van der Waals surface area contributed by atoms with E-state index in [-0.39, 0.29) is 70.0 Å². The molecule has 0 radical (unpaired) electrons. The molecule has 0 saturated heterocycles. The number of aliphatic carboxylic acids is 1. The van der Waals surface area contributed by atoms with Gasteiger partial charge in [-0.05, 0) is 54.4 Å². The van der Waals surface area contributed by atoms with E-state index in [9.17, 15) is 14.7 Å². The van der Waals surface area contributed by atoms with Crippen molar-refractivity contribution in [1.82, 2.24) is 0 Å². The Morgan fingerprint density at radius 2 is 1.79 bits per heavy atom. The van der Waals surface area contributed by atoms with Crippen LogP contribution in [0.5, 0.6) is 0 Å². The second-order valence-electron chi connectivity index (χ2n) is 6.67. The molecule has 2 aliphatic rings. The maximum atomic E-state index is 12.8. The van der Waals surface area contributed by atoms with E-state index in [0.29, 0.717) is 5.56 Å². The number of rotatable bonds is 3. The van der Waals surface area contributed by atoms with Crippen molar-refractivity contribution in [3.8, 4) is 0 Å². The van der Waals surface area contributed by atoms with Crippen LogP contribution in [0.25, 0.3) is 0 Å². The van der Waals surface area contributed by atoms with E-state index in [4.69, 9.17) is 0 Å². The van der Waals surface area contributed by atoms with Gasteiger partial charge in [0, 0.05) is 5.56 Å². The molecule has 0 heterocycles. The van der Waals surface area contributed by atoms with Crippen molar-refractivity contribution in [3.05, 3.63) is 70.3 Å². The van der Waals surface area contributed by atoms with Gasteiger partial charge in [-0.25, -0.2) is 0 Å². The number of fused-ring (bicyclic) bond motifs is 2. The number of aryl methyl sites for hydroxylation is 2. The minimum atomic E-state index is -1.46. The van der Waals surface area contributed by atoms with Crippen molar-refractivity contribution in [3.63, 3.8) is 0 Å². The molecule has 116 valence electrons. The largest absolute Gasteiger partial charge is 1.00 e. The van der Waals surface area contributed by atoms with E-state index in [1.807, 2.05) is 18.2 Å². The summed E-state index contributed by atoms with van der Waals surface area (Å²) in [4.78, 5) is 24.7. The van der Waals surface area contributed by atoms with Gasteiger partial charge in [0.1, 0.15) is 0 Å². The molecule has 0 N–H and O–H groups in total. The Bertz CT molecular complexity index is 827. The van der Waals surface area contributed by atoms with E-state index in [1.54, 1.807) is 12.1 Å². The molecule has 0 amide bonds. The van der Waals surface area contributed by atoms with Crippen LogP contribution in [0.4, 0.5) is 0 Å². The maximum absolute atomic E-state index is 12.8. The van der Waals surface area contributed by atoms with Gasteiger partial charge >= 0.3 is 51.4 Å². The summed E-state index contributed by atoms with van der Waals surface area (Å²) in [6, 6.07) is 13.3. The second-order valence-corrected chi connectivity index (χ2v) is 6.67. The Balaban J connectivity index is 0.00000169. The third kappa shape index (κ3) is 2.84. The number of carboxylic acid groups (broad SMARTS) is 1. The fraction of sp³-hybridized carbons (Fsp3) is 0.300. The minimum absolute atomic E-state index is 0. The zero-order chi connectivity index (χ0) is 16.0. The molecule has 0 saturated carbocycles. The van der Waals surface area contributed by atoms with Gasteiger partial charge in [0.15, 0.2) is 5.78 Å². The van der Waals surface area contributed by atoms with Crippen molar-refractivity contribution in [2.45, 2.75) is 32.1 Å². The number of hydrogen-bond acceptors (Lipinski definition) is 3. The molecule has 4 heteroatoms. The van der Waals surface area contributed by atoms with Crippen LogP contribution >= 0.6 is 0 Å². The van der Waals surface area contributed by atoms with Gasteiger partial charge in [-0.15, -0.1) is 0 Å². The number of carboxylic acids is 1. The van der Waals surface area contributed by atoms with E-state index in [1.165, 1.54) is 11.1 Å². The standard InChI is InChI=1S/C20H18O3.K/c21-18-17-7-2-1-4-16(17)12-20(18,19(22)23)11-13-8-9-14-5-3-6-15(14)10-13;/h1-2,4,7-10H,3,5-6,11-12H2,(H,22,23);/q;+1/p-1. The second kappa shape index (κ2) is 6.85. The predicted molar refractivity (Wildman–Crippen MR) is 84.1 cm³/mol. The molecule has 1 unspecified atom stereocenters. The van der Waals surface area contributed by atoms with Gasteiger partial charge in [0.2, 0.25) is 0 Å². The van der Waals surface area contributed by atoms with Gasteiger partial charge in [-0.1, -0.05) is 42.5 Å². The van der Waals surface area contributed by atoms with Crippen molar-refractivity contribution in [2.75, 3.05) is 0 Å². The zero-order valence-corrected chi connectivity index (χ0v) is 16.9. The topological polar surface area (TPSA) is 57.2 Å². The minimum Gasteiger partial charge on any atom is -0.549 e. The molecule has 2 aromatic rings. The van der Waals surface area contributed by atoms with Crippen LogP contribution in [0.1, 0.15) is 39.0 Å². The summed E-state index contributed by atoms with van der Waals surface area (Å²) in [5.74, 6) is -1.58. The van der Waals surface area contributed by atoms with Crippen molar-refractivity contribution < 1.29 is 66.1 Å². The first kappa shape index (κ1) is 18.0. The molecule has 2 aromatic carbocycles. The summed E-state index contributed by atoms with van der Waals surface area (Å²) < 4.78 is 0. The van der Waals surface area contributed by atoms with E-state index in [0.717, 1.165) is 30.4 Å². The fourth-order valence-corrected chi connectivity index (χ4v) is 4.02. The summed E-state index contributed by atoms with van der Waals surface area (Å²) >= 11 is 0. The molecule has 0 spiro atoms. The quantitative estimate of drug-likeness (QED) is 0.525. The first-order valence-electron chi connectivity index (χ1n) is 8.05. The third-order valence-corrected chi connectivity index (χ3v) is 5.25. The molecule has 24 heavy (non-hydrogen) atoms. The van der Waals surface area contributed by atoms with Gasteiger partial charge < -0.3 is 9.90 Å². The van der Waals surface area contributed by atoms with Crippen molar-refractivity contribution >= 4 is 11.8 Å². The number of carbonyl (C=O) groups is 2. The SMILES string of the molecule is O=C([O-])C1(Cc2ccc3c(c2)CCC3)Cc2ccccc2C1=O.[K+]. The van der Waals surface area contributed by atoms with Crippen LogP contribution in [0, 0.1) is 5.41 Å². The average Bonchev–Trinajstić information content (AvgIpc) is 3.11. The number of benzene rings is 2. The van der Waals surface area contributed by atoms with E-state index >= 15 is 0 Å². The van der Waals surface area contributed by atoms with Crippen LogP contribution in [0.2, 0.25) is 0 Å². The number of carbonyl (C=O) groups excluding carboxylic acids is 2. The Kier molecular flexibility index (Phi) is 5.14. The third-order valence-electron chi connectivity index (χ3n) is 5.25. The van der Waals surface area contributed by atoms with Crippen LogP contribution in [0.3, 0.4) is 0 Å². The van der Waals surface area contributed by atoms with Crippen LogP contribution < -0.4 is 56.5 Å². The molecule has 0 fully saturated rings. The number of hydrogen-bond donors (Lipinski definition) is 0. The summed E-state index contributed by atoms with van der Waals surface area (Å²) in [6.07, 6.45) is 3.70. The summed E-state index contributed by atoms with van der Waals surface area (Å²) in [6.45, 7) is 0. The van der Waals surface area contributed by atoms with Crippen LogP contribution in [0.15, 0.2) is 42.5 Å². The monoisotopic (exact) mass is 344 g/mol. The number of Topliss-reactive ketones (excluding diaryl/α,β-unsaturated/α-hetero) is 1. The Morgan fingerprint density at radius 1 is 1.04 bits per heavy atom. The molecule has 4 rings (SSSR count). The van der Waals surface area contributed by atoms with Crippen LogP contribution in [-0.4, -0.2) is 11.8 Å². The Morgan fingerprint density at radius 3 is 2.54 bits per heavy atom. The molecule has 0 aromatic heterocycles. The van der Waals surface area contributed by atoms with Gasteiger partial charge in [0.25, 0.3) is 0 Å². The van der Waals surface area contributed by atoms with Gasteiger partial charge in [-0.3, -0.25) is 4.79 Å². The summed E-state index contributed by atoms with van der Waals surface area (Å²) in [7, 11) is 0. The maximum Gasteiger partial charge on any atom is 1.00 e. The van der Waals surface area contributed by atoms with Gasteiger partial charge in [0.05, 0.1) is 11.4 Å². The average molecular weight is 344 g/mol. The smallest absolute Gasteiger partial charge is 0.549 e. The first-order valence-corrected chi connectivity index (χ1v) is 8.05. The molecule has 0 aliphatic heterocycles. The van der Waals surface area contributed by atoms with E-state index in [2.05, 4.69) is 12.1 Å². The molecule has 3 nitrogen and oxygen atoms in total. The molecule has 2 aliphatic carbocycles. The molecular formula is C20H17KO3. The Labute approximate surface area is 183 Å². The summed E-state index contributed by atoms with van der Waals surface area (Å²) in [5.41, 5.74) is 3.42. The predicted octanol–water partition coefficient (Wildman–Crippen LogP) is -1.10.